The Labute approximate surface area is 114 Å². The molecule has 0 radical (unpaired) electrons. The van der Waals surface area contributed by atoms with Crippen molar-refractivity contribution in [3.8, 4) is 5.88 Å². The topological polar surface area (TPSA) is 50.3 Å². The van der Waals surface area contributed by atoms with Gasteiger partial charge < -0.3 is 15.0 Å². The average molecular weight is 262 g/mol. The Hall–Kier alpha value is -1.36. The van der Waals surface area contributed by atoms with Crippen LogP contribution in [0.1, 0.15) is 25.1 Å². The maximum atomic E-state index is 5.83. The summed E-state index contributed by atoms with van der Waals surface area (Å²) in [4.78, 5) is 11.2. The second-order valence-corrected chi connectivity index (χ2v) is 5.46. The zero-order valence-electron chi connectivity index (χ0n) is 11.6. The van der Waals surface area contributed by atoms with Gasteiger partial charge >= 0.3 is 0 Å². The highest BCUT2D eigenvalue weighted by molar-refractivity contribution is 5.42. The fraction of sp³-hybridized carbons (Fsp3) is 0.714. The van der Waals surface area contributed by atoms with Crippen LogP contribution in [0.5, 0.6) is 5.88 Å². The SMILES string of the molecule is Cc1nc(OCC2CCC2)cc(N2CCNCC2)n1. The lowest BCUT2D eigenvalue weighted by Gasteiger charge is -2.29. The molecule has 1 aromatic rings. The Morgan fingerprint density at radius 2 is 2.11 bits per heavy atom. The van der Waals surface area contributed by atoms with Crippen molar-refractivity contribution < 1.29 is 4.74 Å². The minimum atomic E-state index is 0.730. The van der Waals surface area contributed by atoms with E-state index in [1.165, 1.54) is 19.3 Å². The monoisotopic (exact) mass is 262 g/mol. The third kappa shape index (κ3) is 3.15. The van der Waals surface area contributed by atoms with E-state index in [1.54, 1.807) is 0 Å². The molecule has 2 fully saturated rings. The lowest BCUT2D eigenvalue weighted by molar-refractivity contribution is 0.175. The summed E-state index contributed by atoms with van der Waals surface area (Å²) in [5.41, 5.74) is 0. The first kappa shape index (κ1) is 12.7. The van der Waals surface area contributed by atoms with Crippen LogP contribution in [0.25, 0.3) is 0 Å². The molecule has 2 aliphatic rings. The largest absolute Gasteiger partial charge is 0.477 e. The van der Waals surface area contributed by atoms with Crippen LogP contribution in [0, 0.1) is 12.8 Å². The second kappa shape index (κ2) is 5.74. The van der Waals surface area contributed by atoms with Crippen LogP contribution in [-0.2, 0) is 0 Å². The van der Waals surface area contributed by atoms with E-state index in [1.807, 2.05) is 13.0 Å². The van der Waals surface area contributed by atoms with Gasteiger partial charge in [0.2, 0.25) is 5.88 Å². The van der Waals surface area contributed by atoms with E-state index in [4.69, 9.17) is 4.74 Å². The minimum Gasteiger partial charge on any atom is -0.477 e. The number of ether oxygens (including phenoxy) is 1. The quantitative estimate of drug-likeness (QED) is 0.888. The molecule has 1 saturated heterocycles. The Kier molecular flexibility index (Phi) is 3.82. The molecule has 1 N–H and O–H groups in total. The van der Waals surface area contributed by atoms with Crippen molar-refractivity contribution >= 4 is 5.82 Å². The number of aromatic nitrogens is 2. The molecule has 5 heteroatoms. The fourth-order valence-corrected chi connectivity index (χ4v) is 2.52. The molecule has 1 aliphatic carbocycles. The minimum absolute atomic E-state index is 0.730. The Balaban J connectivity index is 1.67. The summed E-state index contributed by atoms with van der Waals surface area (Å²) < 4.78 is 5.83. The van der Waals surface area contributed by atoms with Crippen LogP contribution in [-0.4, -0.2) is 42.8 Å². The van der Waals surface area contributed by atoms with Crippen molar-refractivity contribution in [2.24, 2.45) is 5.92 Å². The number of aryl methyl sites for hydroxylation is 1. The van der Waals surface area contributed by atoms with Gasteiger partial charge in [0.15, 0.2) is 0 Å². The zero-order chi connectivity index (χ0) is 13.1. The summed E-state index contributed by atoms with van der Waals surface area (Å²) in [6, 6.07) is 1.98. The van der Waals surface area contributed by atoms with Gasteiger partial charge in [0.05, 0.1) is 6.61 Å². The van der Waals surface area contributed by atoms with E-state index in [0.29, 0.717) is 0 Å². The summed E-state index contributed by atoms with van der Waals surface area (Å²) in [5.74, 6) is 3.25. The van der Waals surface area contributed by atoms with E-state index in [9.17, 15) is 0 Å². The third-order valence-electron chi connectivity index (χ3n) is 3.93. The first-order valence-corrected chi connectivity index (χ1v) is 7.25. The molecule has 0 bridgehead atoms. The predicted molar refractivity (Wildman–Crippen MR) is 74.7 cm³/mol. The Morgan fingerprint density at radius 1 is 1.32 bits per heavy atom. The smallest absolute Gasteiger partial charge is 0.218 e. The van der Waals surface area contributed by atoms with Gasteiger partial charge in [0, 0.05) is 32.2 Å². The summed E-state index contributed by atoms with van der Waals surface area (Å²) >= 11 is 0. The predicted octanol–water partition coefficient (Wildman–Crippen LogP) is 1.37. The summed E-state index contributed by atoms with van der Waals surface area (Å²) in [6.07, 6.45) is 3.95. The van der Waals surface area contributed by atoms with Crippen LogP contribution >= 0.6 is 0 Å². The molecule has 1 aliphatic heterocycles. The standard InChI is InChI=1S/C14H22N4O/c1-11-16-13(18-7-5-15-6-8-18)9-14(17-11)19-10-12-3-2-4-12/h9,12,15H,2-8,10H2,1H3. The normalized spacial score (nSPS) is 20.2. The molecule has 104 valence electrons. The van der Waals surface area contributed by atoms with Crippen molar-refractivity contribution in [2.75, 3.05) is 37.7 Å². The molecule has 0 atom stereocenters. The van der Waals surface area contributed by atoms with E-state index in [-0.39, 0.29) is 0 Å². The molecule has 0 unspecified atom stereocenters. The molecule has 2 heterocycles. The Morgan fingerprint density at radius 3 is 2.79 bits per heavy atom. The van der Waals surface area contributed by atoms with Crippen molar-refractivity contribution in [1.82, 2.24) is 15.3 Å². The van der Waals surface area contributed by atoms with Gasteiger partial charge in [-0.05, 0) is 25.7 Å². The average Bonchev–Trinajstić information content (AvgIpc) is 2.37. The van der Waals surface area contributed by atoms with Crippen LogP contribution in [0.2, 0.25) is 0 Å². The van der Waals surface area contributed by atoms with Gasteiger partial charge in [0.1, 0.15) is 11.6 Å². The molecule has 3 rings (SSSR count). The van der Waals surface area contributed by atoms with Gasteiger partial charge in [-0.15, -0.1) is 0 Å². The first-order valence-electron chi connectivity index (χ1n) is 7.25. The zero-order valence-corrected chi connectivity index (χ0v) is 11.6. The first-order chi connectivity index (χ1) is 9.31. The number of nitrogens with one attached hydrogen (secondary N) is 1. The highest BCUT2D eigenvalue weighted by Crippen LogP contribution is 2.27. The second-order valence-electron chi connectivity index (χ2n) is 5.46. The highest BCUT2D eigenvalue weighted by atomic mass is 16.5. The lowest BCUT2D eigenvalue weighted by Crippen LogP contribution is -2.44. The van der Waals surface area contributed by atoms with Crippen molar-refractivity contribution in [2.45, 2.75) is 26.2 Å². The van der Waals surface area contributed by atoms with E-state index in [2.05, 4.69) is 20.2 Å². The van der Waals surface area contributed by atoms with Gasteiger partial charge in [0.25, 0.3) is 0 Å². The van der Waals surface area contributed by atoms with E-state index in [0.717, 1.165) is 56.2 Å². The lowest BCUT2D eigenvalue weighted by atomic mass is 9.86. The van der Waals surface area contributed by atoms with E-state index >= 15 is 0 Å². The Bertz CT molecular complexity index is 427. The molecule has 5 nitrogen and oxygen atoms in total. The maximum Gasteiger partial charge on any atom is 0.218 e. The molecule has 0 spiro atoms. The molecule has 1 saturated carbocycles. The van der Waals surface area contributed by atoms with Gasteiger partial charge in [-0.2, -0.15) is 4.98 Å². The highest BCUT2D eigenvalue weighted by Gasteiger charge is 2.19. The molecular formula is C14H22N4O. The van der Waals surface area contributed by atoms with Gasteiger partial charge in [-0.1, -0.05) is 6.42 Å². The summed E-state index contributed by atoms with van der Waals surface area (Å²) in [7, 11) is 0. The number of hydrogen-bond acceptors (Lipinski definition) is 5. The summed E-state index contributed by atoms with van der Waals surface area (Å²) in [6.45, 7) is 6.76. The summed E-state index contributed by atoms with van der Waals surface area (Å²) in [5, 5.41) is 3.35. The van der Waals surface area contributed by atoms with Crippen molar-refractivity contribution in [3.05, 3.63) is 11.9 Å². The molecular weight excluding hydrogens is 240 g/mol. The van der Waals surface area contributed by atoms with Gasteiger partial charge in [-0.25, -0.2) is 4.98 Å². The van der Waals surface area contributed by atoms with E-state index < -0.39 is 0 Å². The van der Waals surface area contributed by atoms with Gasteiger partial charge in [-0.3, -0.25) is 0 Å². The number of hydrogen-bond donors (Lipinski definition) is 1. The molecule has 1 aromatic heterocycles. The van der Waals surface area contributed by atoms with Crippen LogP contribution in [0.3, 0.4) is 0 Å². The maximum absolute atomic E-state index is 5.83. The van der Waals surface area contributed by atoms with Crippen molar-refractivity contribution in [1.29, 1.82) is 0 Å². The van der Waals surface area contributed by atoms with Crippen LogP contribution in [0.4, 0.5) is 5.82 Å². The van der Waals surface area contributed by atoms with Crippen molar-refractivity contribution in [3.63, 3.8) is 0 Å². The van der Waals surface area contributed by atoms with Crippen LogP contribution in [0.15, 0.2) is 6.07 Å². The third-order valence-corrected chi connectivity index (χ3v) is 3.93. The molecule has 0 amide bonds. The number of piperazine rings is 1. The molecule has 0 aromatic carbocycles. The number of rotatable bonds is 4. The van der Waals surface area contributed by atoms with Crippen LogP contribution < -0.4 is 15.0 Å². The molecule has 19 heavy (non-hydrogen) atoms. The fourth-order valence-electron chi connectivity index (χ4n) is 2.52. The number of anilines is 1. The number of nitrogens with zero attached hydrogens (tertiary/aromatic N) is 3.